The Hall–Kier alpha value is -2.89. The largest absolute Gasteiger partial charge is 0.441 e. The van der Waals surface area contributed by atoms with Crippen LogP contribution >= 0.6 is 0 Å². The number of ether oxygens (including phenoxy) is 1. The van der Waals surface area contributed by atoms with E-state index in [9.17, 15) is 4.79 Å². The van der Waals surface area contributed by atoms with Crippen LogP contribution in [0, 0.1) is 0 Å². The lowest BCUT2D eigenvalue weighted by Crippen LogP contribution is -2.22. The van der Waals surface area contributed by atoms with E-state index < -0.39 is 6.09 Å². The van der Waals surface area contributed by atoms with E-state index in [1.807, 2.05) is 31.2 Å². The zero-order valence-corrected chi connectivity index (χ0v) is 11.3. The van der Waals surface area contributed by atoms with Crippen LogP contribution in [0.15, 0.2) is 36.7 Å². The summed E-state index contributed by atoms with van der Waals surface area (Å²) in [4.78, 5) is 23.4. The molecule has 0 fully saturated rings. The second-order valence-corrected chi connectivity index (χ2v) is 4.96. The van der Waals surface area contributed by atoms with Gasteiger partial charge in [-0.1, -0.05) is 0 Å². The number of anilines is 1. The summed E-state index contributed by atoms with van der Waals surface area (Å²) in [6.07, 6.45) is 2.77. The number of benzene rings is 1. The van der Waals surface area contributed by atoms with Gasteiger partial charge in [-0.3, -0.25) is 10.3 Å². The molecule has 2 aromatic heterocycles. The molecule has 1 unspecified atom stereocenters. The Kier molecular flexibility index (Phi) is 2.44. The van der Waals surface area contributed by atoms with Crippen LogP contribution in [0.5, 0.6) is 0 Å². The molecule has 6 nitrogen and oxygen atoms in total. The molecule has 0 spiro atoms. The van der Waals surface area contributed by atoms with Crippen LogP contribution in [0.4, 0.5) is 10.5 Å². The number of nitrogens with one attached hydrogen (secondary N) is 2. The predicted octanol–water partition coefficient (Wildman–Crippen LogP) is 3.25. The zero-order chi connectivity index (χ0) is 14.4. The van der Waals surface area contributed by atoms with E-state index in [-0.39, 0.29) is 6.10 Å². The number of aromatic amines is 1. The molecular weight excluding hydrogens is 268 g/mol. The molecule has 21 heavy (non-hydrogen) atoms. The lowest BCUT2D eigenvalue weighted by Gasteiger charge is -2.23. The number of nitrogens with zero attached hydrogens (tertiary/aromatic N) is 2. The number of amides is 1. The lowest BCUT2D eigenvalue weighted by molar-refractivity contribution is 0.117. The van der Waals surface area contributed by atoms with Crippen molar-refractivity contribution in [1.29, 1.82) is 0 Å². The van der Waals surface area contributed by atoms with Gasteiger partial charge in [-0.05, 0) is 31.2 Å². The van der Waals surface area contributed by atoms with Crippen molar-refractivity contribution in [2.75, 3.05) is 5.32 Å². The summed E-state index contributed by atoms with van der Waals surface area (Å²) < 4.78 is 5.16. The molecule has 1 amide bonds. The fraction of sp³-hybridized carbons (Fsp3) is 0.133. The third kappa shape index (κ3) is 1.92. The summed E-state index contributed by atoms with van der Waals surface area (Å²) in [6, 6.07) is 7.63. The number of H-pyrrole nitrogens is 1. The van der Waals surface area contributed by atoms with Gasteiger partial charge in [0, 0.05) is 23.5 Å². The number of carbonyl (C=O) groups excluding carboxylic acids is 1. The Morgan fingerprint density at radius 3 is 3.05 bits per heavy atom. The molecule has 0 bridgehead atoms. The Labute approximate surface area is 120 Å². The molecule has 104 valence electrons. The normalized spacial score (nSPS) is 17.2. The number of fused-ring (bicyclic) bond motifs is 2. The summed E-state index contributed by atoms with van der Waals surface area (Å²) >= 11 is 0. The van der Waals surface area contributed by atoms with Gasteiger partial charge in [0.15, 0.2) is 0 Å². The summed E-state index contributed by atoms with van der Waals surface area (Å²) in [7, 11) is 0. The average molecular weight is 280 g/mol. The maximum Gasteiger partial charge on any atom is 0.412 e. The van der Waals surface area contributed by atoms with Gasteiger partial charge in [0.2, 0.25) is 0 Å². The van der Waals surface area contributed by atoms with Crippen molar-refractivity contribution in [1.82, 2.24) is 15.0 Å². The SMILES string of the molecule is CC1OC(=O)Nc2cc3nc(-c4cccnc4)[nH]c3cc21. The molecule has 1 atom stereocenters. The number of imidazole rings is 1. The second kappa shape index (κ2) is 4.31. The minimum Gasteiger partial charge on any atom is -0.441 e. The number of hydrogen-bond acceptors (Lipinski definition) is 4. The quantitative estimate of drug-likeness (QED) is 0.717. The highest BCUT2D eigenvalue weighted by atomic mass is 16.6. The Bertz CT molecular complexity index is 842. The second-order valence-electron chi connectivity index (χ2n) is 4.96. The molecular formula is C15H12N4O2. The molecule has 0 saturated heterocycles. The van der Waals surface area contributed by atoms with E-state index in [4.69, 9.17) is 4.74 Å². The smallest absolute Gasteiger partial charge is 0.412 e. The van der Waals surface area contributed by atoms with E-state index in [1.54, 1.807) is 12.4 Å². The molecule has 4 rings (SSSR count). The average Bonchev–Trinajstić information content (AvgIpc) is 2.89. The molecule has 1 aliphatic rings. The summed E-state index contributed by atoms with van der Waals surface area (Å²) in [5, 5.41) is 2.70. The van der Waals surface area contributed by atoms with Crippen molar-refractivity contribution in [2.45, 2.75) is 13.0 Å². The minimum absolute atomic E-state index is 0.275. The van der Waals surface area contributed by atoms with Crippen LogP contribution in [-0.4, -0.2) is 21.0 Å². The van der Waals surface area contributed by atoms with Crippen molar-refractivity contribution in [2.24, 2.45) is 0 Å². The molecule has 6 heteroatoms. The van der Waals surface area contributed by atoms with Gasteiger partial charge in [-0.2, -0.15) is 0 Å². The van der Waals surface area contributed by atoms with Crippen LogP contribution in [0.3, 0.4) is 0 Å². The third-order valence-corrected chi connectivity index (χ3v) is 3.55. The van der Waals surface area contributed by atoms with Crippen molar-refractivity contribution < 1.29 is 9.53 Å². The number of cyclic esters (lactones) is 1. The van der Waals surface area contributed by atoms with E-state index in [0.29, 0.717) is 0 Å². The van der Waals surface area contributed by atoms with Crippen molar-refractivity contribution in [3.63, 3.8) is 0 Å². The van der Waals surface area contributed by atoms with Gasteiger partial charge in [0.25, 0.3) is 0 Å². The van der Waals surface area contributed by atoms with Crippen LogP contribution in [0.25, 0.3) is 22.4 Å². The summed E-state index contributed by atoms with van der Waals surface area (Å²) in [5.74, 6) is 0.750. The van der Waals surface area contributed by atoms with Gasteiger partial charge >= 0.3 is 6.09 Å². The Morgan fingerprint density at radius 2 is 2.24 bits per heavy atom. The topological polar surface area (TPSA) is 79.9 Å². The molecule has 1 aromatic carbocycles. The fourth-order valence-corrected chi connectivity index (χ4v) is 2.52. The predicted molar refractivity (Wildman–Crippen MR) is 77.8 cm³/mol. The first-order valence-electron chi connectivity index (χ1n) is 6.62. The van der Waals surface area contributed by atoms with E-state index in [2.05, 4.69) is 20.3 Å². The molecule has 3 aromatic rings. The fourth-order valence-electron chi connectivity index (χ4n) is 2.52. The molecule has 0 aliphatic carbocycles. The molecule has 0 radical (unpaired) electrons. The number of hydrogen-bond donors (Lipinski definition) is 2. The molecule has 1 aliphatic heterocycles. The first kappa shape index (κ1) is 11.9. The minimum atomic E-state index is -0.433. The lowest BCUT2D eigenvalue weighted by atomic mass is 10.1. The maximum absolute atomic E-state index is 11.4. The van der Waals surface area contributed by atoms with Gasteiger partial charge in [-0.15, -0.1) is 0 Å². The highest BCUT2D eigenvalue weighted by Crippen LogP contribution is 2.34. The molecule has 3 heterocycles. The highest BCUT2D eigenvalue weighted by molar-refractivity contribution is 5.93. The number of rotatable bonds is 1. The highest BCUT2D eigenvalue weighted by Gasteiger charge is 2.23. The summed E-state index contributed by atoms with van der Waals surface area (Å²) in [6.45, 7) is 1.85. The van der Waals surface area contributed by atoms with Gasteiger partial charge in [0.05, 0.1) is 16.7 Å². The zero-order valence-electron chi connectivity index (χ0n) is 11.3. The number of pyridine rings is 1. The first-order valence-corrected chi connectivity index (χ1v) is 6.62. The standard InChI is InChI=1S/C15H12N4O2/c1-8-10-5-12-13(6-11(10)19-15(20)21-8)18-14(17-12)9-3-2-4-16-7-9/h2-8H,1H3,(H,17,18)(H,19,20). The monoisotopic (exact) mass is 280 g/mol. The van der Waals surface area contributed by atoms with Crippen LogP contribution in [-0.2, 0) is 4.74 Å². The first-order chi connectivity index (χ1) is 10.2. The summed E-state index contributed by atoms with van der Waals surface area (Å²) in [5.41, 5.74) is 4.29. The van der Waals surface area contributed by atoms with Crippen molar-refractivity contribution in [3.05, 3.63) is 42.2 Å². The number of aromatic nitrogens is 3. The van der Waals surface area contributed by atoms with Gasteiger partial charge < -0.3 is 9.72 Å². The van der Waals surface area contributed by atoms with Gasteiger partial charge in [0.1, 0.15) is 11.9 Å². The van der Waals surface area contributed by atoms with Crippen molar-refractivity contribution >= 4 is 22.8 Å². The van der Waals surface area contributed by atoms with E-state index >= 15 is 0 Å². The molecule has 0 saturated carbocycles. The Balaban J connectivity index is 1.87. The molecule has 2 N–H and O–H groups in total. The van der Waals surface area contributed by atoms with E-state index in [0.717, 1.165) is 33.7 Å². The maximum atomic E-state index is 11.4. The van der Waals surface area contributed by atoms with Gasteiger partial charge in [-0.25, -0.2) is 9.78 Å². The van der Waals surface area contributed by atoms with E-state index in [1.165, 1.54) is 0 Å². The van der Waals surface area contributed by atoms with Crippen LogP contribution in [0.1, 0.15) is 18.6 Å². The number of carbonyl (C=O) groups is 1. The third-order valence-electron chi connectivity index (χ3n) is 3.55. The Morgan fingerprint density at radius 1 is 1.33 bits per heavy atom. The van der Waals surface area contributed by atoms with Crippen molar-refractivity contribution in [3.8, 4) is 11.4 Å². The van der Waals surface area contributed by atoms with Crippen LogP contribution in [0.2, 0.25) is 0 Å². The van der Waals surface area contributed by atoms with Crippen LogP contribution < -0.4 is 5.32 Å².